The van der Waals surface area contributed by atoms with E-state index >= 15 is 0 Å². The summed E-state index contributed by atoms with van der Waals surface area (Å²) >= 11 is 1.35. The summed E-state index contributed by atoms with van der Waals surface area (Å²) < 4.78 is 3.46. The van der Waals surface area contributed by atoms with Crippen molar-refractivity contribution < 1.29 is 9.59 Å². The molecule has 0 bridgehead atoms. The highest BCUT2D eigenvalue weighted by Gasteiger charge is 2.30. The predicted octanol–water partition coefficient (Wildman–Crippen LogP) is 2.62. The second-order valence-corrected chi connectivity index (χ2v) is 8.85. The molecule has 0 atom stereocenters. The van der Waals surface area contributed by atoms with Gasteiger partial charge in [0.2, 0.25) is 17.0 Å². The lowest BCUT2D eigenvalue weighted by molar-refractivity contribution is -0.118. The molecule has 2 saturated carbocycles. The molecule has 31 heavy (non-hydrogen) atoms. The van der Waals surface area contributed by atoms with Gasteiger partial charge in [-0.25, -0.2) is 9.50 Å². The number of amides is 2. The molecule has 4 heterocycles. The summed E-state index contributed by atoms with van der Waals surface area (Å²) in [7, 11) is 0. The van der Waals surface area contributed by atoms with E-state index in [0.29, 0.717) is 33.0 Å². The summed E-state index contributed by atoms with van der Waals surface area (Å²) in [6.07, 6.45) is 7.31. The maximum atomic E-state index is 12.1. The van der Waals surface area contributed by atoms with Crippen molar-refractivity contribution in [3.8, 4) is 0 Å². The first-order valence-corrected chi connectivity index (χ1v) is 10.9. The van der Waals surface area contributed by atoms with Crippen LogP contribution in [0.1, 0.15) is 25.7 Å². The van der Waals surface area contributed by atoms with Gasteiger partial charge in [-0.1, -0.05) is 0 Å². The van der Waals surface area contributed by atoms with E-state index in [1.807, 2.05) is 34.9 Å². The Bertz CT molecular complexity index is 1340. The number of anilines is 2. The number of aromatic nitrogens is 6. The van der Waals surface area contributed by atoms with Crippen LogP contribution in [0.25, 0.3) is 11.3 Å². The standard InChI is InChI=1S/C20H18N8O2S/c29-18(11-1-2-11)21-13-5-6-16-24-25-20(27(16)9-13)31-17-8-7-15-22-14(10-28(15)26-17)23-19(30)12-3-4-12/h5-12H,1-4H2,(H,21,29)(H,23,30). The molecular weight excluding hydrogens is 416 g/mol. The van der Waals surface area contributed by atoms with Gasteiger partial charge < -0.3 is 10.6 Å². The zero-order chi connectivity index (χ0) is 20.9. The van der Waals surface area contributed by atoms with Gasteiger partial charge in [0.05, 0.1) is 11.9 Å². The SMILES string of the molecule is O=C(Nc1ccc2nnc(Sc3ccc4nc(NC(=O)C5CC5)cn4n3)n2c1)C1CC1. The van der Waals surface area contributed by atoms with E-state index in [1.165, 1.54) is 11.8 Å². The van der Waals surface area contributed by atoms with E-state index in [-0.39, 0.29) is 23.7 Å². The summed E-state index contributed by atoms with van der Waals surface area (Å²) in [5, 5.41) is 20.1. The highest BCUT2D eigenvalue weighted by molar-refractivity contribution is 7.99. The fourth-order valence-corrected chi connectivity index (χ4v) is 4.03. The van der Waals surface area contributed by atoms with Gasteiger partial charge in [0.15, 0.2) is 17.1 Å². The van der Waals surface area contributed by atoms with Crippen molar-refractivity contribution in [2.45, 2.75) is 35.9 Å². The molecule has 0 aliphatic heterocycles. The smallest absolute Gasteiger partial charge is 0.228 e. The van der Waals surface area contributed by atoms with E-state index < -0.39 is 0 Å². The van der Waals surface area contributed by atoms with Crippen molar-refractivity contribution in [3.05, 3.63) is 36.7 Å². The summed E-state index contributed by atoms with van der Waals surface area (Å²) in [6.45, 7) is 0. The molecule has 0 unspecified atom stereocenters. The van der Waals surface area contributed by atoms with Crippen LogP contribution in [0.4, 0.5) is 11.5 Å². The van der Waals surface area contributed by atoms with Gasteiger partial charge in [-0.2, -0.15) is 5.10 Å². The molecule has 2 amide bonds. The van der Waals surface area contributed by atoms with Crippen LogP contribution in [0.15, 0.2) is 46.8 Å². The number of hydrogen-bond acceptors (Lipinski definition) is 7. The van der Waals surface area contributed by atoms with Crippen LogP contribution in [0.2, 0.25) is 0 Å². The van der Waals surface area contributed by atoms with Crippen molar-refractivity contribution in [3.63, 3.8) is 0 Å². The third kappa shape index (κ3) is 3.72. The van der Waals surface area contributed by atoms with Gasteiger partial charge in [0.25, 0.3) is 0 Å². The molecule has 0 radical (unpaired) electrons. The summed E-state index contributed by atoms with van der Waals surface area (Å²) in [5.41, 5.74) is 2.03. The van der Waals surface area contributed by atoms with Crippen LogP contribution in [-0.4, -0.2) is 41.0 Å². The molecule has 11 heteroatoms. The lowest BCUT2D eigenvalue weighted by atomic mass is 10.3. The number of rotatable bonds is 6. The number of carbonyl (C=O) groups excluding carboxylic acids is 2. The zero-order valence-electron chi connectivity index (χ0n) is 16.4. The molecular formula is C20H18N8O2S. The number of imidazole rings is 1. The molecule has 0 spiro atoms. The Balaban J connectivity index is 1.24. The molecule has 2 fully saturated rings. The first kappa shape index (κ1) is 18.3. The maximum Gasteiger partial charge on any atom is 0.228 e. The molecule has 2 N–H and O–H groups in total. The molecule has 156 valence electrons. The quantitative estimate of drug-likeness (QED) is 0.479. The second-order valence-electron chi connectivity index (χ2n) is 7.86. The Kier molecular flexibility index (Phi) is 4.16. The normalized spacial score (nSPS) is 16.0. The number of nitrogens with zero attached hydrogens (tertiary/aromatic N) is 6. The van der Waals surface area contributed by atoms with Crippen molar-refractivity contribution in [2.24, 2.45) is 11.8 Å². The first-order valence-electron chi connectivity index (χ1n) is 10.1. The molecule has 4 aromatic rings. The Morgan fingerprint density at radius 3 is 2.42 bits per heavy atom. The van der Waals surface area contributed by atoms with Crippen LogP contribution >= 0.6 is 11.8 Å². The van der Waals surface area contributed by atoms with Gasteiger partial charge in [-0.15, -0.1) is 10.2 Å². The van der Waals surface area contributed by atoms with Gasteiger partial charge in [0, 0.05) is 18.0 Å². The molecule has 4 aromatic heterocycles. The van der Waals surface area contributed by atoms with Crippen molar-refractivity contribution in [1.82, 2.24) is 29.2 Å². The summed E-state index contributed by atoms with van der Waals surface area (Å²) in [6, 6.07) is 7.33. The number of hydrogen-bond donors (Lipinski definition) is 2. The minimum Gasteiger partial charge on any atom is -0.325 e. The highest BCUT2D eigenvalue weighted by atomic mass is 32.2. The monoisotopic (exact) mass is 434 g/mol. The average Bonchev–Trinajstić information content (AvgIpc) is 3.68. The van der Waals surface area contributed by atoms with Gasteiger partial charge in [-0.3, -0.25) is 14.0 Å². The molecule has 2 aliphatic rings. The third-order valence-electron chi connectivity index (χ3n) is 5.28. The van der Waals surface area contributed by atoms with Crippen molar-refractivity contribution >= 4 is 46.4 Å². The third-order valence-corrected chi connectivity index (χ3v) is 6.17. The van der Waals surface area contributed by atoms with Crippen molar-refractivity contribution in [2.75, 3.05) is 10.6 Å². The Labute approximate surface area is 180 Å². The summed E-state index contributed by atoms with van der Waals surface area (Å²) in [4.78, 5) is 28.4. The first-order chi connectivity index (χ1) is 15.1. The van der Waals surface area contributed by atoms with Crippen molar-refractivity contribution in [1.29, 1.82) is 0 Å². The van der Waals surface area contributed by atoms with Crippen LogP contribution < -0.4 is 10.6 Å². The number of nitrogens with one attached hydrogen (secondary N) is 2. The topological polar surface area (TPSA) is 119 Å². The lowest BCUT2D eigenvalue weighted by Gasteiger charge is -2.05. The van der Waals surface area contributed by atoms with Gasteiger partial charge in [0.1, 0.15) is 5.03 Å². The van der Waals surface area contributed by atoms with Crippen LogP contribution in [-0.2, 0) is 9.59 Å². The number of carbonyl (C=O) groups is 2. The molecule has 0 saturated heterocycles. The van der Waals surface area contributed by atoms with E-state index in [1.54, 1.807) is 10.7 Å². The zero-order valence-corrected chi connectivity index (χ0v) is 17.2. The van der Waals surface area contributed by atoms with Crippen LogP contribution in [0, 0.1) is 11.8 Å². The molecule has 2 aliphatic carbocycles. The van der Waals surface area contributed by atoms with E-state index in [2.05, 4.69) is 30.9 Å². The Hall–Kier alpha value is -3.47. The van der Waals surface area contributed by atoms with Gasteiger partial charge >= 0.3 is 0 Å². The second kappa shape index (κ2) is 7.05. The Morgan fingerprint density at radius 2 is 1.65 bits per heavy atom. The minimum absolute atomic E-state index is 0.0116. The highest BCUT2D eigenvalue weighted by Crippen LogP contribution is 2.31. The van der Waals surface area contributed by atoms with Gasteiger partial charge in [-0.05, 0) is 61.7 Å². The van der Waals surface area contributed by atoms with E-state index in [4.69, 9.17) is 0 Å². The predicted molar refractivity (Wildman–Crippen MR) is 113 cm³/mol. The summed E-state index contributed by atoms with van der Waals surface area (Å²) in [5.74, 6) is 0.811. The van der Waals surface area contributed by atoms with E-state index in [9.17, 15) is 9.59 Å². The average molecular weight is 434 g/mol. The molecule has 6 rings (SSSR count). The molecule has 0 aromatic carbocycles. The molecule has 10 nitrogen and oxygen atoms in total. The lowest BCUT2D eigenvalue weighted by Crippen LogP contribution is -2.13. The Morgan fingerprint density at radius 1 is 0.903 bits per heavy atom. The van der Waals surface area contributed by atoms with Crippen LogP contribution in [0.5, 0.6) is 0 Å². The number of fused-ring (bicyclic) bond motifs is 2. The van der Waals surface area contributed by atoms with E-state index in [0.717, 1.165) is 25.7 Å². The number of pyridine rings is 1. The maximum absolute atomic E-state index is 12.1. The largest absolute Gasteiger partial charge is 0.325 e. The minimum atomic E-state index is 0.0116. The van der Waals surface area contributed by atoms with Crippen LogP contribution in [0.3, 0.4) is 0 Å². The fraction of sp³-hybridized carbons (Fsp3) is 0.300. The fourth-order valence-electron chi connectivity index (χ4n) is 3.25.